The van der Waals surface area contributed by atoms with E-state index in [0.29, 0.717) is 0 Å². The van der Waals surface area contributed by atoms with Gasteiger partial charge in [-0.1, -0.05) is 346 Å². The van der Waals surface area contributed by atoms with Gasteiger partial charge in [0.15, 0.2) is 0 Å². The highest BCUT2D eigenvalue weighted by Crippen LogP contribution is 2.46. The van der Waals surface area contributed by atoms with Gasteiger partial charge in [-0.3, -0.25) is 0 Å². The second-order valence-electron chi connectivity index (χ2n) is 31.2. The third kappa shape index (κ3) is 17.0. The van der Waals surface area contributed by atoms with Crippen molar-refractivity contribution in [1.82, 2.24) is 0 Å². The van der Waals surface area contributed by atoms with E-state index >= 15 is 0 Å². The van der Waals surface area contributed by atoms with Crippen molar-refractivity contribution < 1.29 is 0 Å². The molecule has 0 aliphatic carbocycles. The van der Waals surface area contributed by atoms with Crippen LogP contribution in [0.4, 0.5) is 85.3 Å². The van der Waals surface area contributed by atoms with Gasteiger partial charge in [0.05, 0.1) is 11.4 Å². The summed E-state index contributed by atoms with van der Waals surface area (Å²) in [6.45, 7) is 0. The molecule has 0 aliphatic rings. The number of thiophene rings is 1. The molecule has 0 fully saturated rings. The number of fused-ring (bicyclic) bond motifs is 2. The van der Waals surface area contributed by atoms with Crippen molar-refractivity contribution in [3.63, 3.8) is 0 Å². The minimum atomic E-state index is 1.09. The van der Waals surface area contributed by atoms with Crippen LogP contribution < -0.4 is 24.5 Å². The average Bonchev–Trinajstić information content (AvgIpc) is 0.928. The van der Waals surface area contributed by atoms with Crippen LogP contribution in [0, 0.1) is 0 Å². The number of nitrogens with zero attached hydrogens (tertiary/aromatic N) is 5. The van der Waals surface area contributed by atoms with E-state index in [1.165, 1.54) is 64.7 Å². The van der Waals surface area contributed by atoms with Gasteiger partial charge in [-0.05, 0) is 260 Å². The second-order valence-corrected chi connectivity index (χ2v) is 32.3. The Hall–Kier alpha value is -16.4. The van der Waals surface area contributed by atoms with Crippen LogP contribution in [0.2, 0.25) is 0 Å². The van der Waals surface area contributed by atoms with Crippen LogP contribution >= 0.6 is 11.3 Å². The summed E-state index contributed by atoms with van der Waals surface area (Å²) in [5.41, 5.74) is 30.9. The first-order valence-corrected chi connectivity index (χ1v) is 43.6. The third-order valence-electron chi connectivity index (χ3n) is 23.4. The molecule has 0 atom stereocenters. The van der Waals surface area contributed by atoms with Crippen LogP contribution in [0.5, 0.6) is 0 Å². The van der Waals surface area contributed by atoms with Gasteiger partial charge in [-0.25, -0.2) is 0 Å². The predicted octanol–water partition coefficient (Wildman–Crippen LogP) is 34.8. The standard InChI is InChI=1S/C62H45N3.C58H42N2S/c1-4-20-52(21-5-1)63(55-38-30-46(31-39-55)48-34-42-57(43-35-48)64(53-22-6-2-7-23-53)61-28-14-18-50-16-10-12-26-59(50)61)56-40-32-47(33-41-56)49-36-44-58(45-37-49)65(54-24-8-3-9-25-54)62-29-15-19-51-17-11-13-27-60(51)62;1-5-13-43(14-6-1)45-21-31-53(32-22-45)60(54-33-23-46(24-34-54)44-15-7-2-8-16-44)55-37-27-48(28-38-55)47-25-35-52(36-26-47)59(51-19-11-4-12-20-51)56-39-29-50(30-40-56)58-42-41-57(61-58)49-17-9-3-10-18-49/h1-45H;1-42H. The lowest BCUT2D eigenvalue weighted by atomic mass is 10.0. The summed E-state index contributed by atoms with van der Waals surface area (Å²) in [7, 11) is 0. The summed E-state index contributed by atoms with van der Waals surface area (Å²) in [5.74, 6) is 0. The molecular weight excluding hydrogens is 1540 g/mol. The Bertz CT molecular complexity index is 6850. The first-order valence-electron chi connectivity index (χ1n) is 42.8. The molecule has 0 saturated carbocycles. The zero-order valence-corrected chi connectivity index (χ0v) is 70.2. The monoisotopic (exact) mass is 1630 g/mol. The largest absolute Gasteiger partial charge is 0.311 e. The van der Waals surface area contributed by atoms with Gasteiger partial charge in [0.25, 0.3) is 0 Å². The zero-order valence-electron chi connectivity index (χ0n) is 69.4. The Morgan fingerprint density at radius 2 is 0.278 bits per heavy atom. The fourth-order valence-electron chi connectivity index (χ4n) is 17.0. The maximum absolute atomic E-state index is 2.35. The lowest BCUT2D eigenvalue weighted by Crippen LogP contribution is -2.10. The molecule has 20 aromatic carbocycles. The van der Waals surface area contributed by atoms with Crippen molar-refractivity contribution in [3.8, 4) is 76.5 Å². The normalized spacial score (nSPS) is 11.0. The molecule has 0 radical (unpaired) electrons. The van der Waals surface area contributed by atoms with Gasteiger partial charge >= 0.3 is 0 Å². The molecule has 0 unspecified atom stereocenters. The van der Waals surface area contributed by atoms with E-state index in [1.807, 2.05) is 11.3 Å². The highest BCUT2D eigenvalue weighted by molar-refractivity contribution is 7.18. The Kier molecular flexibility index (Phi) is 22.7. The number of hydrogen-bond acceptors (Lipinski definition) is 6. The van der Waals surface area contributed by atoms with Gasteiger partial charge in [-0.2, -0.15) is 0 Å². The van der Waals surface area contributed by atoms with Gasteiger partial charge in [0.2, 0.25) is 0 Å². The molecule has 0 aliphatic heterocycles. The van der Waals surface area contributed by atoms with E-state index in [0.717, 1.165) is 119 Å². The number of benzene rings is 20. The molecule has 6 heteroatoms. The van der Waals surface area contributed by atoms with Crippen LogP contribution in [0.3, 0.4) is 0 Å². The maximum atomic E-state index is 2.35. The Morgan fingerprint density at radius 1 is 0.111 bits per heavy atom. The summed E-state index contributed by atoms with van der Waals surface area (Å²) in [6.07, 6.45) is 0. The van der Waals surface area contributed by atoms with Gasteiger partial charge in [0.1, 0.15) is 0 Å². The summed E-state index contributed by atoms with van der Waals surface area (Å²) >= 11 is 1.83. The van der Waals surface area contributed by atoms with E-state index in [-0.39, 0.29) is 0 Å². The van der Waals surface area contributed by atoms with Gasteiger partial charge in [-0.15, -0.1) is 11.3 Å². The lowest BCUT2D eigenvalue weighted by molar-refractivity contribution is 1.28. The van der Waals surface area contributed by atoms with E-state index in [9.17, 15) is 0 Å². The Balaban J connectivity index is 0.000000159. The van der Waals surface area contributed by atoms with Crippen molar-refractivity contribution in [3.05, 3.63) is 528 Å². The molecule has 0 N–H and O–H groups in total. The first-order chi connectivity index (χ1) is 62.5. The third-order valence-corrected chi connectivity index (χ3v) is 24.5. The number of rotatable bonds is 22. The second kappa shape index (κ2) is 36.5. The molecule has 5 nitrogen and oxygen atoms in total. The lowest BCUT2D eigenvalue weighted by Gasteiger charge is -2.27. The molecule has 0 amide bonds. The molecule has 1 aromatic heterocycles. The molecule has 0 saturated heterocycles. The predicted molar refractivity (Wildman–Crippen MR) is 537 cm³/mol. The van der Waals surface area contributed by atoms with Crippen molar-refractivity contribution in [2.45, 2.75) is 0 Å². The van der Waals surface area contributed by atoms with Crippen LogP contribution in [0.25, 0.3) is 98.1 Å². The fourth-order valence-corrected chi connectivity index (χ4v) is 18.0. The summed E-state index contributed by atoms with van der Waals surface area (Å²) < 4.78 is 0. The molecule has 0 bridgehead atoms. The molecule has 21 rings (SSSR count). The molecule has 1 heterocycles. The topological polar surface area (TPSA) is 16.2 Å². The highest BCUT2D eigenvalue weighted by Gasteiger charge is 2.22. The van der Waals surface area contributed by atoms with Crippen LogP contribution in [0.15, 0.2) is 528 Å². The van der Waals surface area contributed by atoms with Crippen molar-refractivity contribution in [2.75, 3.05) is 24.5 Å². The van der Waals surface area contributed by atoms with Crippen LogP contribution in [-0.2, 0) is 0 Å². The zero-order chi connectivity index (χ0) is 84.2. The fraction of sp³-hybridized carbons (Fsp3) is 0. The minimum Gasteiger partial charge on any atom is -0.311 e. The van der Waals surface area contributed by atoms with E-state index in [4.69, 9.17) is 0 Å². The SMILES string of the molecule is c1ccc(-c2ccc(N(c3ccc(-c4ccccc4)cc3)c3ccc(-c4ccc(N(c5ccccc5)c5ccc(-c6ccc(-c7ccccc7)s6)cc5)cc4)cc3)cc2)cc1.c1ccc(N(c2ccc(-c3ccc(N(c4ccccc4)c4cccc5ccccc45)cc3)cc2)c2ccc(-c3ccc(N(c4ccccc4)c4cccc5ccccc45)cc3)cc2)cc1. The minimum absolute atomic E-state index is 1.09. The van der Waals surface area contributed by atoms with Crippen LogP contribution in [-0.4, -0.2) is 0 Å². The van der Waals surface area contributed by atoms with E-state index < -0.39 is 0 Å². The summed E-state index contributed by atoms with van der Waals surface area (Å²) in [4.78, 5) is 14.2. The van der Waals surface area contributed by atoms with Crippen molar-refractivity contribution >= 4 is 118 Å². The molecule has 0 spiro atoms. The Labute approximate surface area is 741 Å². The number of hydrogen-bond donors (Lipinski definition) is 0. The molecule has 126 heavy (non-hydrogen) atoms. The maximum Gasteiger partial charge on any atom is 0.0540 e. The molecular formula is C120H87N5S. The van der Waals surface area contributed by atoms with Gasteiger partial charge < -0.3 is 24.5 Å². The van der Waals surface area contributed by atoms with Crippen LogP contribution in [0.1, 0.15) is 0 Å². The average molecular weight is 1630 g/mol. The quantitative estimate of drug-likeness (QED) is 0.0670. The van der Waals surface area contributed by atoms with E-state index in [1.54, 1.807) is 0 Å². The van der Waals surface area contributed by atoms with Crippen molar-refractivity contribution in [1.29, 1.82) is 0 Å². The molecule has 598 valence electrons. The van der Waals surface area contributed by atoms with E-state index in [2.05, 4.69) is 552 Å². The van der Waals surface area contributed by atoms with Gasteiger partial charge in [0, 0.05) is 94.5 Å². The summed E-state index contributed by atoms with van der Waals surface area (Å²) in [6, 6.07) is 189. The highest BCUT2D eigenvalue weighted by atomic mass is 32.1. The summed E-state index contributed by atoms with van der Waals surface area (Å²) in [5, 5.41) is 4.87. The molecule has 21 aromatic rings. The number of anilines is 15. The smallest absolute Gasteiger partial charge is 0.0540 e. The number of para-hydroxylation sites is 4. The Morgan fingerprint density at radius 3 is 0.532 bits per heavy atom. The van der Waals surface area contributed by atoms with Crippen molar-refractivity contribution in [2.24, 2.45) is 0 Å². The first kappa shape index (κ1) is 78.2.